The van der Waals surface area contributed by atoms with Crippen LogP contribution in [0.15, 0.2) is 24.4 Å². The summed E-state index contributed by atoms with van der Waals surface area (Å²) in [6.45, 7) is 2.98. The van der Waals surface area contributed by atoms with Crippen molar-refractivity contribution in [1.82, 2.24) is 4.98 Å². The maximum atomic E-state index is 13.0. The first-order valence-electron chi connectivity index (χ1n) is 6.02. The second-order valence-electron chi connectivity index (χ2n) is 5.41. The van der Waals surface area contributed by atoms with Gasteiger partial charge in [-0.15, -0.1) is 0 Å². The highest BCUT2D eigenvalue weighted by molar-refractivity contribution is 5.88. The van der Waals surface area contributed by atoms with Crippen molar-refractivity contribution < 1.29 is 23.1 Å². The lowest BCUT2D eigenvalue weighted by Gasteiger charge is -2.19. The standard InChI is InChI=1S/C14H14F3NO2/c1-13(2,12(19)20)6-8-7-18-10-5-3-4-9(11(8)10)14(15,16)17/h3-5,7,18H,6H2,1-2H3,(H,19,20). The van der Waals surface area contributed by atoms with Gasteiger partial charge in [0.15, 0.2) is 0 Å². The molecule has 0 amide bonds. The van der Waals surface area contributed by atoms with Crippen molar-refractivity contribution in [3.63, 3.8) is 0 Å². The Bertz CT molecular complexity index is 656. The molecule has 1 heterocycles. The number of hydrogen-bond donors (Lipinski definition) is 2. The first kappa shape index (κ1) is 14.4. The Morgan fingerprint density at radius 1 is 1.30 bits per heavy atom. The van der Waals surface area contributed by atoms with Gasteiger partial charge in [-0.1, -0.05) is 6.07 Å². The fourth-order valence-corrected chi connectivity index (χ4v) is 2.18. The van der Waals surface area contributed by atoms with Gasteiger partial charge in [-0.2, -0.15) is 13.2 Å². The van der Waals surface area contributed by atoms with Gasteiger partial charge in [-0.05, 0) is 38.0 Å². The number of alkyl halides is 3. The highest BCUT2D eigenvalue weighted by Crippen LogP contribution is 2.37. The van der Waals surface area contributed by atoms with Crippen LogP contribution in [-0.4, -0.2) is 16.1 Å². The molecule has 0 saturated heterocycles. The molecule has 0 bridgehead atoms. The lowest BCUT2D eigenvalue weighted by Crippen LogP contribution is -2.26. The third-order valence-corrected chi connectivity index (χ3v) is 3.30. The van der Waals surface area contributed by atoms with Crippen molar-refractivity contribution in [3.8, 4) is 0 Å². The summed E-state index contributed by atoms with van der Waals surface area (Å²) in [7, 11) is 0. The van der Waals surface area contributed by atoms with E-state index in [1.54, 1.807) is 6.07 Å². The minimum atomic E-state index is -4.47. The van der Waals surface area contributed by atoms with Gasteiger partial charge in [0.1, 0.15) is 0 Å². The monoisotopic (exact) mass is 285 g/mol. The minimum absolute atomic E-state index is 0.0232. The summed E-state index contributed by atoms with van der Waals surface area (Å²) >= 11 is 0. The average Bonchev–Trinajstić information content (AvgIpc) is 2.70. The van der Waals surface area contributed by atoms with Crippen LogP contribution in [0.5, 0.6) is 0 Å². The molecule has 0 unspecified atom stereocenters. The number of carboxylic acid groups (broad SMARTS) is 1. The Morgan fingerprint density at radius 2 is 1.95 bits per heavy atom. The van der Waals surface area contributed by atoms with Crippen LogP contribution in [0.3, 0.4) is 0 Å². The minimum Gasteiger partial charge on any atom is -0.481 e. The van der Waals surface area contributed by atoms with Crippen LogP contribution in [0.25, 0.3) is 10.9 Å². The molecule has 0 fully saturated rings. The topological polar surface area (TPSA) is 53.1 Å². The Hall–Kier alpha value is -1.98. The predicted octanol–water partition coefficient (Wildman–Crippen LogP) is 3.84. The molecule has 108 valence electrons. The zero-order valence-corrected chi connectivity index (χ0v) is 11.0. The van der Waals surface area contributed by atoms with E-state index in [0.29, 0.717) is 11.1 Å². The van der Waals surface area contributed by atoms with Gasteiger partial charge in [-0.25, -0.2) is 0 Å². The van der Waals surface area contributed by atoms with Crippen molar-refractivity contribution in [2.24, 2.45) is 5.41 Å². The molecule has 2 N–H and O–H groups in total. The number of H-pyrrole nitrogens is 1. The number of aromatic nitrogens is 1. The summed E-state index contributed by atoms with van der Waals surface area (Å²) in [5.74, 6) is -1.05. The summed E-state index contributed by atoms with van der Waals surface area (Å²) < 4.78 is 39.1. The molecule has 0 aliphatic rings. The van der Waals surface area contributed by atoms with Crippen molar-refractivity contribution in [1.29, 1.82) is 0 Å². The highest BCUT2D eigenvalue weighted by Gasteiger charge is 2.35. The molecule has 0 spiro atoms. The molecule has 20 heavy (non-hydrogen) atoms. The third kappa shape index (κ3) is 2.50. The zero-order valence-electron chi connectivity index (χ0n) is 11.0. The van der Waals surface area contributed by atoms with Gasteiger partial charge in [0.25, 0.3) is 0 Å². The van der Waals surface area contributed by atoms with Gasteiger partial charge in [-0.3, -0.25) is 4.79 Å². The van der Waals surface area contributed by atoms with E-state index in [1.165, 1.54) is 26.1 Å². The summed E-state index contributed by atoms with van der Waals surface area (Å²) in [6, 6.07) is 3.88. The molecular formula is C14H14F3NO2. The van der Waals surface area contributed by atoms with E-state index in [0.717, 1.165) is 6.07 Å². The number of hydrogen-bond acceptors (Lipinski definition) is 1. The number of aromatic amines is 1. The normalized spacial score (nSPS) is 12.8. The molecule has 0 atom stereocenters. The number of aliphatic carboxylic acids is 1. The molecule has 2 aromatic rings. The van der Waals surface area contributed by atoms with Crippen LogP contribution in [-0.2, 0) is 17.4 Å². The van der Waals surface area contributed by atoms with Crippen LogP contribution < -0.4 is 0 Å². The quantitative estimate of drug-likeness (QED) is 0.900. The second-order valence-corrected chi connectivity index (χ2v) is 5.41. The molecule has 6 heteroatoms. The fourth-order valence-electron chi connectivity index (χ4n) is 2.18. The first-order chi connectivity index (χ1) is 9.13. The number of benzene rings is 1. The Morgan fingerprint density at radius 3 is 2.50 bits per heavy atom. The number of rotatable bonds is 3. The van der Waals surface area contributed by atoms with Gasteiger partial charge in [0, 0.05) is 17.1 Å². The van der Waals surface area contributed by atoms with E-state index in [2.05, 4.69) is 4.98 Å². The van der Waals surface area contributed by atoms with E-state index >= 15 is 0 Å². The van der Waals surface area contributed by atoms with Crippen LogP contribution in [0.1, 0.15) is 25.0 Å². The molecule has 1 aromatic carbocycles. The van der Waals surface area contributed by atoms with Crippen LogP contribution in [0.2, 0.25) is 0 Å². The molecule has 3 nitrogen and oxygen atoms in total. The number of halogens is 3. The smallest absolute Gasteiger partial charge is 0.417 e. The summed E-state index contributed by atoms with van der Waals surface area (Å²) in [6.07, 6.45) is -3.00. The van der Waals surface area contributed by atoms with Crippen LogP contribution in [0.4, 0.5) is 13.2 Å². The van der Waals surface area contributed by atoms with E-state index in [4.69, 9.17) is 5.11 Å². The van der Waals surface area contributed by atoms with Gasteiger partial charge >= 0.3 is 12.1 Å². The first-order valence-corrected chi connectivity index (χ1v) is 6.02. The van der Waals surface area contributed by atoms with Crippen LogP contribution in [0, 0.1) is 5.41 Å². The van der Waals surface area contributed by atoms with E-state index in [9.17, 15) is 18.0 Å². The van der Waals surface area contributed by atoms with Crippen molar-refractivity contribution >= 4 is 16.9 Å². The van der Waals surface area contributed by atoms with E-state index in [1.807, 2.05) is 0 Å². The highest BCUT2D eigenvalue weighted by atomic mass is 19.4. The fraction of sp³-hybridized carbons (Fsp3) is 0.357. The molecular weight excluding hydrogens is 271 g/mol. The SMILES string of the molecule is CC(C)(Cc1c[nH]c2cccc(C(F)(F)F)c12)C(=O)O. The average molecular weight is 285 g/mol. The largest absolute Gasteiger partial charge is 0.481 e. The number of carbonyl (C=O) groups is 1. The van der Waals surface area contributed by atoms with Gasteiger partial charge in [0.05, 0.1) is 11.0 Å². The molecule has 2 rings (SSSR count). The molecule has 0 radical (unpaired) electrons. The number of fused-ring (bicyclic) bond motifs is 1. The van der Waals surface area contributed by atoms with E-state index in [-0.39, 0.29) is 11.8 Å². The Kier molecular flexibility index (Phi) is 3.28. The second kappa shape index (κ2) is 4.54. The van der Waals surface area contributed by atoms with E-state index < -0.39 is 23.1 Å². The number of carboxylic acids is 1. The van der Waals surface area contributed by atoms with Crippen molar-refractivity contribution in [3.05, 3.63) is 35.5 Å². The molecule has 1 aromatic heterocycles. The maximum Gasteiger partial charge on any atom is 0.417 e. The summed E-state index contributed by atoms with van der Waals surface area (Å²) in [4.78, 5) is 13.9. The lowest BCUT2D eigenvalue weighted by molar-refractivity contribution is -0.146. The Labute approximate surface area is 113 Å². The molecule has 0 aliphatic heterocycles. The molecule has 0 saturated carbocycles. The lowest BCUT2D eigenvalue weighted by atomic mass is 9.85. The van der Waals surface area contributed by atoms with Gasteiger partial charge < -0.3 is 10.1 Å². The molecule has 0 aliphatic carbocycles. The maximum absolute atomic E-state index is 13.0. The predicted molar refractivity (Wildman–Crippen MR) is 68.4 cm³/mol. The summed E-state index contributed by atoms with van der Waals surface area (Å²) in [5, 5.41) is 9.16. The van der Waals surface area contributed by atoms with Crippen molar-refractivity contribution in [2.75, 3.05) is 0 Å². The van der Waals surface area contributed by atoms with Gasteiger partial charge in [0.2, 0.25) is 0 Å². The Balaban J connectivity index is 2.59. The summed E-state index contributed by atoms with van der Waals surface area (Å²) in [5.41, 5.74) is -1.16. The third-order valence-electron chi connectivity index (χ3n) is 3.30. The zero-order chi connectivity index (χ0) is 15.1. The van der Waals surface area contributed by atoms with Crippen LogP contribution >= 0.6 is 0 Å². The number of nitrogens with one attached hydrogen (secondary N) is 1. The van der Waals surface area contributed by atoms with Crippen molar-refractivity contribution in [2.45, 2.75) is 26.4 Å².